The van der Waals surface area contributed by atoms with Crippen molar-refractivity contribution in [3.05, 3.63) is 54.9 Å². The first-order valence-corrected chi connectivity index (χ1v) is 4.97. The van der Waals surface area contributed by atoms with Crippen LogP contribution in [-0.2, 0) is 0 Å². The van der Waals surface area contributed by atoms with Gasteiger partial charge in [-0.3, -0.25) is 0 Å². The van der Waals surface area contributed by atoms with Gasteiger partial charge in [0.15, 0.2) is 0 Å². The molecule has 14 heavy (non-hydrogen) atoms. The molecule has 0 aromatic carbocycles. The van der Waals surface area contributed by atoms with E-state index in [2.05, 4.69) is 17.6 Å². The molecule has 0 fully saturated rings. The molecule has 1 aromatic heterocycles. The van der Waals surface area contributed by atoms with Crippen LogP contribution in [-0.4, -0.2) is 4.98 Å². The number of aromatic nitrogens is 1. The summed E-state index contributed by atoms with van der Waals surface area (Å²) in [6.45, 7) is 9.65. The van der Waals surface area contributed by atoms with Crippen LogP contribution in [0.3, 0.4) is 0 Å². The summed E-state index contributed by atoms with van der Waals surface area (Å²) < 4.78 is 0. The highest BCUT2D eigenvalue weighted by molar-refractivity contribution is 5.73. The molecule has 0 aliphatic rings. The molecular weight excluding hydrogens is 170 g/mol. The average Bonchev–Trinajstić information content (AvgIpc) is 2.76. The fraction of sp³-hybridized carbons (Fsp3) is 0.231. The second kappa shape index (κ2) is 8.11. The fourth-order valence-corrected chi connectivity index (χ4v) is 1.03. The molecule has 1 rings (SSSR count). The summed E-state index contributed by atoms with van der Waals surface area (Å²) in [5.41, 5.74) is 2.41. The first kappa shape index (κ1) is 12.5. The number of aromatic amines is 1. The minimum atomic E-state index is 1.20. The highest BCUT2D eigenvalue weighted by Gasteiger charge is 1.94. The van der Waals surface area contributed by atoms with E-state index in [1.165, 1.54) is 11.1 Å². The van der Waals surface area contributed by atoms with Crippen molar-refractivity contribution in [3.63, 3.8) is 0 Å². The molecule has 0 amide bonds. The Morgan fingerprint density at radius 2 is 2.14 bits per heavy atom. The lowest BCUT2D eigenvalue weighted by atomic mass is 10.1. The molecule has 0 saturated heterocycles. The van der Waals surface area contributed by atoms with Crippen LogP contribution in [0.25, 0.3) is 5.57 Å². The molecule has 0 bridgehead atoms. The van der Waals surface area contributed by atoms with Gasteiger partial charge >= 0.3 is 0 Å². The van der Waals surface area contributed by atoms with Crippen molar-refractivity contribution >= 4 is 5.57 Å². The maximum absolute atomic E-state index is 3.63. The van der Waals surface area contributed by atoms with Crippen molar-refractivity contribution in [1.82, 2.24) is 4.98 Å². The van der Waals surface area contributed by atoms with Gasteiger partial charge in [0.2, 0.25) is 0 Å². The number of hydrogen-bond donors (Lipinski definition) is 1. The van der Waals surface area contributed by atoms with Crippen molar-refractivity contribution < 1.29 is 0 Å². The first-order valence-electron chi connectivity index (χ1n) is 4.97. The van der Waals surface area contributed by atoms with Gasteiger partial charge in [0.05, 0.1) is 0 Å². The first-order chi connectivity index (χ1) is 6.88. The van der Waals surface area contributed by atoms with E-state index in [0.717, 1.165) is 0 Å². The maximum atomic E-state index is 3.63. The monoisotopic (exact) mass is 189 g/mol. The minimum absolute atomic E-state index is 1.20. The topological polar surface area (TPSA) is 15.8 Å². The second-order valence-corrected chi connectivity index (χ2v) is 2.44. The van der Waals surface area contributed by atoms with Gasteiger partial charge < -0.3 is 4.98 Å². The van der Waals surface area contributed by atoms with Gasteiger partial charge in [-0.05, 0) is 24.1 Å². The molecule has 1 heterocycles. The van der Waals surface area contributed by atoms with Gasteiger partial charge in [-0.2, -0.15) is 0 Å². The number of hydrogen-bond acceptors (Lipinski definition) is 0. The van der Waals surface area contributed by atoms with E-state index >= 15 is 0 Å². The molecule has 0 atom stereocenters. The fourth-order valence-electron chi connectivity index (χ4n) is 1.03. The predicted octanol–water partition coefficient (Wildman–Crippen LogP) is 4.19. The smallest absolute Gasteiger partial charge is 0.00840 e. The highest BCUT2D eigenvalue weighted by Crippen LogP contribution is 2.14. The van der Waals surface area contributed by atoms with Crippen LogP contribution < -0.4 is 0 Å². The zero-order valence-electron chi connectivity index (χ0n) is 9.25. The Balaban J connectivity index is 0.000000791. The molecule has 0 aliphatic heterocycles. The van der Waals surface area contributed by atoms with Crippen LogP contribution in [0.1, 0.15) is 26.3 Å². The Labute approximate surface area is 86.9 Å². The van der Waals surface area contributed by atoms with Gasteiger partial charge in [-0.25, -0.2) is 0 Å². The second-order valence-electron chi connectivity index (χ2n) is 2.44. The van der Waals surface area contributed by atoms with E-state index in [1.54, 1.807) is 6.08 Å². The number of H-pyrrole nitrogens is 1. The van der Waals surface area contributed by atoms with Crippen molar-refractivity contribution in [1.29, 1.82) is 0 Å². The van der Waals surface area contributed by atoms with E-state index in [-0.39, 0.29) is 0 Å². The standard InChI is InChI=1S/C11H13N.C2H6/c1-3-5-6-10(4-2)11-7-8-12-9-11;1-2/h3-9,12H,1H2,2H3;1-2H3/b6-5-,10-4+;. The van der Waals surface area contributed by atoms with Crippen LogP contribution in [0.15, 0.2) is 49.3 Å². The molecule has 1 aromatic rings. The lowest BCUT2D eigenvalue weighted by molar-refractivity contribution is 1.41. The Hall–Kier alpha value is -1.50. The molecular formula is C13H19N. The third kappa shape index (κ3) is 3.94. The van der Waals surface area contributed by atoms with E-state index in [4.69, 9.17) is 0 Å². The van der Waals surface area contributed by atoms with Crippen LogP contribution in [0.2, 0.25) is 0 Å². The predicted molar refractivity (Wildman–Crippen MR) is 65.1 cm³/mol. The van der Waals surface area contributed by atoms with Crippen molar-refractivity contribution in [2.45, 2.75) is 20.8 Å². The van der Waals surface area contributed by atoms with Crippen molar-refractivity contribution in [3.8, 4) is 0 Å². The lowest BCUT2D eigenvalue weighted by Gasteiger charge is -1.94. The molecule has 1 N–H and O–H groups in total. The van der Waals surface area contributed by atoms with Crippen LogP contribution in [0, 0.1) is 0 Å². The number of nitrogens with one attached hydrogen (secondary N) is 1. The Kier molecular flexibility index (Phi) is 7.24. The Morgan fingerprint density at radius 3 is 2.57 bits per heavy atom. The van der Waals surface area contributed by atoms with E-state index in [0.29, 0.717) is 0 Å². The van der Waals surface area contributed by atoms with Crippen molar-refractivity contribution in [2.75, 3.05) is 0 Å². The number of rotatable bonds is 3. The summed E-state index contributed by atoms with van der Waals surface area (Å²) in [5, 5.41) is 0. The van der Waals surface area contributed by atoms with Gasteiger partial charge in [-0.15, -0.1) is 0 Å². The Morgan fingerprint density at radius 1 is 1.43 bits per heavy atom. The zero-order chi connectivity index (χ0) is 10.8. The summed E-state index contributed by atoms with van der Waals surface area (Å²) in [5.74, 6) is 0. The Bertz CT molecular complexity index is 289. The molecule has 0 unspecified atom stereocenters. The van der Waals surface area contributed by atoms with Gasteiger partial charge in [-0.1, -0.05) is 44.7 Å². The maximum Gasteiger partial charge on any atom is 0.00840 e. The quantitative estimate of drug-likeness (QED) is 0.686. The summed E-state index contributed by atoms with van der Waals surface area (Å²) in [6, 6.07) is 2.04. The van der Waals surface area contributed by atoms with Gasteiger partial charge in [0.25, 0.3) is 0 Å². The SMILES string of the molecule is C=C/C=C\C(=C/C)c1cc[nH]c1.CC. The largest absolute Gasteiger partial charge is 0.367 e. The third-order valence-electron chi connectivity index (χ3n) is 1.65. The van der Waals surface area contributed by atoms with Gasteiger partial charge in [0.1, 0.15) is 0 Å². The molecule has 0 saturated carbocycles. The minimum Gasteiger partial charge on any atom is -0.367 e. The number of allylic oxidation sites excluding steroid dienone is 5. The highest BCUT2D eigenvalue weighted by atomic mass is 14.6. The summed E-state index contributed by atoms with van der Waals surface area (Å²) in [6.07, 6.45) is 11.7. The van der Waals surface area contributed by atoms with Crippen molar-refractivity contribution in [2.24, 2.45) is 0 Å². The van der Waals surface area contributed by atoms with Crippen LogP contribution >= 0.6 is 0 Å². The van der Waals surface area contributed by atoms with E-state index in [9.17, 15) is 0 Å². The molecule has 1 nitrogen and oxygen atoms in total. The van der Waals surface area contributed by atoms with Crippen LogP contribution in [0.5, 0.6) is 0 Å². The molecule has 0 aliphatic carbocycles. The van der Waals surface area contributed by atoms with Crippen LogP contribution in [0.4, 0.5) is 0 Å². The van der Waals surface area contributed by atoms with E-state index < -0.39 is 0 Å². The average molecular weight is 189 g/mol. The zero-order valence-corrected chi connectivity index (χ0v) is 9.25. The summed E-state index contributed by atoms with van der Waals surface area (Å²) >= 11 is 0. The molecule has 0 spiro atoms. The molecule has 1 heteroatoms. The lowest BCUT2D eigenvalue weighted by Crippen LogP contribution is -1.73. The molecule has 0 radical (unpaired) electrons. The molecule has 76 valence electrons. The van der Waals surface area contributed by atoms with E-state index in [1.807, 2.05) is 51.4 Å². The summed E-state index contributed by atoms with van der Waals surface area (Å²) in [4.78, 5) is 3.02. The third-order valence-corrected chi connectivity index (χ3v) is 1.65. The summed E-state index contributed by atoms with van der Waals surface area (Å²) in [7, 11) is 0. The van der Waals surface area contributed by atoms with Gasteiger partial charge in [0, 0.05) is 12.4 Å². The normalized spacial score (nSPS) is 10.9.